The van der Waals surface area contributed by atoms with Gasteiger partial charge in [0.25, 0.3) is 0 Å². The molecule has 0 bridgehead atoms. The van der Waals surface area contributed by atoms with Gasteiger partial charge in [-0.25, -0.2) is 0 Å². The minimum atomic E-state index is -0.361. The fourth-order valence-electron chi connectivity index (χ4n) is 1.40. The van der Waals surface area contributed by atoms with Gasteiger partial charge in [-0.2, -0.15) is 0 Å². The lowest BCUT2D eigenvalue weighted by atomic mass is 9.99. The molecule has 3 N–H and O–H groups in total. The number of nitrogens with one attached hydrogen (secondary N) is 2. The number of carbonyl (C=O) groups excluding carboxylic acids is 1. The van der Waals surface area contributed by atoms with Crippen LogP contribution in [-0.4, -0.2) is 35.2 Å². The Bertz CT molecular complexity index is 223. The summed E-state index contributed by atoms with van der Waals surface area (Å²) in [5.41, 5.74) is -0.361. The maximum absolute atomic E-state index is 11.6. The van der Waals surface area contributed by atoms with Crippen LogP contribution in [0.2, 0.25) is 0 Å². The number of hydrogen-bond acceptors (Lipinski definition) is 3. The molecule has 1 saturated carbocycles. The molecule has 0 spiro atoms. The van der Waals surface area contributed by atoms with E-state index in [-0.39, 0.29) is 24.1 Å². The molecular formula is C11H22N2O2. The number of rotatable bonds is 6. The summed E-state index contributed by atoms with van der Waals surface area (Å²) in [6, 6.07) is 0.145. The van der Waals surface area contributed by atoms with E-state index < -0.39 is 0 Å². The Morgan fingerprint density at radius 1 is 1.60 bits per heavy atom. The molecule has 1 aliphatic rings. The molecule has 2 atom stereocenters. The van der Waals surface area contributed by atoms with Crippen LogP contribution in [0.5, 0.6) is 0 Å². The van der Waals surface area contributed by atoms with Crippen molar-refractivity contribution in [2.24, 2.45) is 0 Å². The summed E-state index contributed by atoms with van der Waals surface area (Å²) in [6.45, 7) is 5.80. The van der Waals surface area contributed by atoms with Crippen molar-refractivity contribution in [1.29, 1.82) is 0 Å². The van der Waals surface area contributed by atoms with E-state index in [4.69, 9.17) is 0 Å². The van der Waals surface area contributed by atoms with Crippen LogP contribution in [0.4, 0.5) is 0 Å². The molecule has 1 aliphatic carbocycles. The molecule has 0 aliphatic heterocycles. The van der Waals surface area contributed by atoms with E-state index in [1.165, 1.54) is 0 Å². The zero-order valence-electron chi connectivity index (χ0n) is 9.84. The highest BCUT2D eigenvalue weighted by Gasteiger charge is 2.29. The normalized spacial score (nSPS) is 21.9. The minimum absolute atomic E-state index is 0.0330. The molecule has 2 unspecified atom stereocenters. The predicted molar refractivity (Wildman–Crippen MR) is 59.5 cm³/mol. The smallest absolute Gasteiger partial charge is 0.237 e. The van der Waals surface area contributed by atoms with Gasteiger partial charge in [0.2, 0.25) is 5.91 Å². The number of amides is 1. The molecular weight excluding hydrogens is 192 g/mol. The van der Waals surface area contributed by atoms with E-state index in [9.17, 15) is 9.90 Å². The summed E-state index contributed by atoms with van der Waals surface area (Å²) in [5, 5.41) is 15.3. The number of aliphatic hydroxyl groups is 1. The summed E-state index contributed by atoms with van der Waals surface area (Å²) in [6.07, 6.45) is 3.00. The van der Waals surface area contributed by atoms with Crippen LogP contribution in [0, 0.1) is 0 Å². The third-order valence-electron chi connectivity index (χ3n) is 3.01. The lowest BCUT2D eigenvalue weighted by molar-refractivity contribution is -0.123. The Hall–Kier alpha value is -0.610. The SMILES string of the molecule is CCC(C)(CO)NC(C)C(=O)NC1CC1. The van der Waals surface area contributed by atoms with E-state index in [0.29, 0.717) is 6.04 Å². The van der Waals surface area contributed by atoms with Crippen LogP contribution < -0.4 is 10.6 Å². The lowest BCUT2D eigenvalue weighted by Crippen LogP contribution is -2.54. The minimum Gasteiger partial charge on any atom is -0.394 e. The van der Waals surface area contributed by atoms with Gasteiger partial charge >= 0.3 is 0 Å². The molecule has 4 nitrogen and oxygen atoms in total. The fraction of sp³-hybridized carbons (Fsp3) is 0.909. The van der Waals surface area contributed by atoms with Gasteiger partial charge in [-0.05, 0) is 33.1 Å². The molecule has 1 rings (SSSR count). The van der Waals surface area contributed by atoms with Crippen molar-refractivity contribution >= 4 is 5.91 Å². The number of hydrogen-bond donors (Lipinski definition) is 3. The molecule has 0 heterocycles. The summed E-state index contributed by atoms with van der Waals surface area (Å²) in [7, 11) is 0. The highest BCUT2D eigenvalue weighted by molar-refractivity contribution is 5.81. The zero-order chi connectivity index (χ0) is 11.5. The summed E-state index contributed by atoms with van der Waals surface area (Å²) in [4.78, 5) is 11.6. The first kappa shape index (κ1) is 12.5. The summed E-state index contributed by atoms with van der Waals surface area (Å²) < 4.78 is 0. The molecule has 4 heteroatoms. The zero-order valence-corrected chi connectivity index (χ0v) is 9.84. The van der Waals surface area contributed by atoms with Crippen LogP contribution in [0.3, 0.4) is 0 Å². The van der Waals surface area contributed by atoms with Gasteiger partial charge in [0.15, 0.2) is 0 Å². The van der Waals surface area contributed by atoms with Crippen molar-refractivity contribution < 1.29 is 9.90 Å². The van der Waals surface area contributed by atoms with Crippen LogP contribution >= 0.6 is 0 Å². The second kappa shape index (κ2) is 4.94. The molecule has 15 heavy (non-hydrogen) atoms. The third kappa shape index (κ3) is 3.80. The topological polar surface area (TPSA) is 61.4 Å². The number of carbonyl (C=O) groups is 1. The Balaban J connectivity index is 2.37. The van der Waals surface area contributed by atoms with Gasteiger partial charge in [-0.1, -0.05) is 6.92 Å². The Kier molecular flexibility index (Phi) is 4.11. The monoisotopic (exact) mass is 214 g/mol. The molecule has 1 amide bonds. The molecule has 0 saturated heterocycles. The summed E-state index contributed by atoms with van der Waals surface area (Å²) in [5.74, 6) is 0.0330. The molecule has 0 aromatic rings. The molecule has 0 aromatic carbocycles. The van der Waals surface area contributed by atoms with Crippen LogP contribution in [0.25, 0.3) is 0 Å². The van der Waals surface area contributed by atoms with Gasteiger partial charge in [0.05, 0.1) is 12.6 Å². The van der Waals surface area contributed by atoms with Crippen molar-refractivity contribution in [2.45, 2.75) is 57.7 Å². The largest absolute Gasteiger partial charge is 0.394 e. The molecule has 0 aromatic heterocycles. The molecule has 0 radical (unpaired) electrons. The first-order chi connectivity index (χ1) is 7.00. The maximum Gasteiger partial charge on any atom is 0.237 e. The molecule has 88 valence electrons. The number of aliphatic hydroxyl groups excluding tert-OH is 1. The van der Waals surface area contributed by atoms with Gasteiger partial charge < -0.3 is 10.4 Å². The molecule has 1 fully saturated rings. The Morgan fingerprint density at radius 2 is 2.20 bits per heavy atom. The van der Waals surface area contributed by atoms with Gasteiger partial charge in [-0.15, -0.1) is 0 Å². The second-order valence-electron chi connectivity index (χ2n) is 4.72. The predicted octanol–water partition coefficient (Wildman–Crippen LogP) is 0.404. The highest BCUT2D eigenvalue weighted by Crippen LogP contribution is 2.18. The first-order valence-electron chi connectivity index (χ1n) is 5.69. The van der Waals surface area contributed by atoms with Crippen LogP contribution in [-0.2, 0) is 4.79 Å². The Labute approximate surface area is 91.4 Å². The third-order valence-corrected chi connectivity index (χ3v) is 3.01. The van der Waals surface area contributed by atoms with E-state index in [1.54, 1.807) is 0 Å². The van der Waals surface area contributed by atoms with Crippen molar-refractivity contribution in [3.8, 4) is 0 Å². The van der Waals surface area contributed by atoms with E-state index in [0.717, 1.165) is 19.3 Å². The van der Waals surface area contributed by atoms with Crippen molar-refractivity contribution in [3.63, 3.8) is 0 Å². The van der Waals surface area contributed by atoms with E-state index >= 15 is 0 Å². The fourth-order valence-corrected chi connectivity index (χ4v) is 1.40. The van der Waals surface area contributed by atoms with E-state index in [2.05, 4.69) is 10.6 Å². The van der Waals surface area contributed by atoms with Gasteiger partial charge in [-0.3, -0.25) is 10.1 Å². The Morgan fingerprint density at radius 3 is 2.60 bits per heavy atom. The second-order valence-corrected chi connectivity index (χ2v) is 4.72. The van der Waals surface area contributed by atoms with Crippen LogP contribution in [0.1, 0.15) is 40.0 Å². The first-order valence-corrected chi connectivity index (χ1v) is 5.69. The maximum atomic E-state index is 11.6. The van der Waals surface area contributed by atoms with Crippen molar-refractivity contribution in [2.75, 3.05) is 6.61 Å². The van der Waals surface area contributed by atoms with Crippen LogP contribution in [0.15, 0.2) is 0 Å². The van der Waals surface area contributed by atoms with Crippen molar-refractivity contribution in [1.82, 2.24) is 10.6 Å². The summed E-state index contributed by atoms with van der Waals surface area (Å²) >= 11 is 0. The highest BCUT2D eigenvalue weighted by atomic mass is 16.3. The average Bonchev–Trinajstić information content (AvgIpc) is 3.01. The standard InChI is InChI=1S/C11H22N2O2/c1-4-11(3,7-14)13-8(2)10(15)12-9-5-6-9/h8-9,13-14H,4-7H2,1-3H3,(H,12,15). The lowest BCUT2D eigenvalue weighted by Gasteiger charge is -2.30. The quantitative estimate of drug-likeness (QED) is 0.600. The van der Waals surface area contributed by atoms with Crippen molar-refractivity contribution in [3.05, 3.63) is 0 Å². The average molecular weight is 214 g/mol. The van der Waals surface area contributed by atoms with E-state index in [1.807, 2.05) is 20.8 Å². The van der Waals surface area contributed by atoms with Gasteiger partial charge in [0.1, 0.15) is 0 Å². The van der Waals surface area contributed by atoms with Gasteiger partial charge in [0, 0.05) is 11.6 Å².